The van der Waals surface area contributed by atoms with Crippen LogP contribution in [0.5, 0.6) is 0 Å². The fourth-order valence-electron chi connectivity index (χ4n) is 1.54. The number of hydrogen-bond donors (Lipinski definition) is 1. The van der Waals surface area contributed by atoms with E-state index in [1.54, 1.807) is 4.90 Å². The molecule has 0 unspecified atom stereocenters. The zero-order valence-electron chi connectivity index (χ0n) is 9.66. The van der Waals surface area contributed by atoms with Crippen molar-refractivity contribution in [3.63, 3.8) is 0 Å². The topological polar surface area (TPSA) is 64.8 Å². The van der Waals surface area contributed by atoms with Gasteiger partial charge in [-0.15, -0.1) is 0 Å². The number of amides is 1. The molecule has 88 valence electrons. The summed E-state index contributed by atoms with van der Waals surface area (Å²) in [5.74, 6) is 5.11. The van der Waals surface area contributed by atoms with Crippen LogP contribution in [0, 0.1) is 0 Å². The average molecular weight is 216 g/mol. The number of hydrogen-bond acceptors (Lipinski definition) is 4. The van der Waals surface area contributed by atoms with Crippen molar-refractivity contribution in [2.24, 2.45) is 5.90 Å². The molecular weight excluding hydrogens is 196 g/mol. The monoisotopic (exact) mass is 216 g/mol. The smallest absolute Gasteiger partial charge is 0.410 e. The van der Waals surface area contributed by atoms with Crippen molar-refractivity contribution >= 4 is 6.09 Å². The summed E-state index contributed by atoms with van der Waals surface area (Å²) in [6.45, 7) is 6.80. The molecular formula is C10H20N2O3. The predicted molar refractivity (Wildman–Crippen MR) is 56.1 cm³/mol. The maximum Gasteiger partial charge on any atom is 0.410 e. The Morgan fingerprint density at radius 2 is 2.13 bits per heavy atom. The number of nitrogens with two attached hydrogens (primary N) is 1. The molecule has 1 heterocycles. The minimum atomic E-state index is -0.451. The lowest BCUT2D eigenvalue weighted by molar-refractivity contribution is -0.0209. The summed E-state index contributed by atoms with van der Waals surface area (Å²) in [5.41, 5.74) is -0.451. The molecule has 0 aromatic heterocycles. The van der Waals surface area contributed by atoms with Crippen molar-refractivity contribution in [2.75, 3.05) is 13.1 Å². The first kappa shape index (κ1) is 12.3. The highest BCUT2D eigenvalue weighted by atomic mass is 16.6. The Morgan fingerprint density at radius 3 is 2.67 bits per heavy atom. The molecule has 1 fully saturated rings. The van der Waals surface area contributed by atoms with Crippen molar-refractivity contribution < 1.29 is 14.4 Å². The molecule has 5 heteroatoms. The van der Waals surface area contributed by atoms with Crippen LogP contribution in [0.1, 0.15) is 33.6 Å². The van der Waals surface area contributed by atoms with Crippen molar-refractivity contribution in [1.29, 1.82) is 0 Å². The van der Waals surface area contributed by atoms with Gasteiger partial charge in [-0.2, -0.15) is 0 Å². The zero-order chi connectivity index (χ0) is 11.5. The third-order valence-corrected chi connectivity index (χ3v) is 2.22. The van der Waals surface area contributed by atoms with Gasteiger partial charge in [0.15, 0.2) is 0 Å². The number of nitrogens with zero attached hydrogens (tertiary/aromatic N) is 1. The summed E-state index contributed by atoms with van der Waals surface area (Å²) in [4.78, 5) is 18.1. The van der Waals surface area contributed by atoms with Crippen molar-refractivity contribution in [1.82, 2.24) is 4.90 Å². The summed E-state index contributed by atoms with van der Waals surface area (Å²) in [7, 11) is 0. The molecule has 1 saturated heterocycles. The molecule has 0 aromatic rings. The number of rotatable bonds is 1. The number of carbonyl (C=O) groups is 1. The van der Waals surface area contributed by atoms with Crippen LogP contribution in [0.4, 0.5) is 4.79 Å². The van der Waals surface area contributed by atoms with Gasteiger partial charge in [-0.3, -0.25) is 4.84 Å². The Bertz CT molecular complexity index is 225. The van der Waals surface area contributed by atoms with Crippen LogP contribution in [-0.4, -0.2) is 35.8 Å². The summed E-state index contributed by atoms with van der Waals surface area (Å²) < 4.78 is 5.26. The number of carbonyl (C=O) groups excluding carboxylic acids is 1. The molecule has 1 rings (SSSR count). The van der Waals surface area contributed by atoms with E-state index in [4.69, 9.17) is 15.5 Å². The Kier molecular flexibility index (Phi) is 3.93. The fraction of sp³-hybridized carbons (Fsp3) is 0.900. The molecule has 0 bridgehead atoms. The predicted octanol–water partition coefficient (Wildman–Crippen LogP) is 1.28. The summed E-state index contributed by atoms with van der Waals surface area (Å²) in [6.07, 6.45) is 1.45. The Balaban J connectivity index is 2.45. The lowest BCUT2D eigenvalue weighted by Crippen LogP contribution is -2.46. The quantitative estimate of drug-likeness (QED) is 0.670. The van der Waals surface area contributed by atoms with Crippen molar-refractivity contribution in [2.45, 2.75) is 45.3 Å². The first-order valence-electron chi connectivity index (χ1n) is 5.26. The molecule has 0 saturated carbocycles. The van der Waals surface area contributed by atoms with Gasteiger partial charge < -0.3 is 9.64 Å². The van der Waals surface area contributed by atoms with E-state index in [9.17, 15) is 4.79 Å². The van der Waals surface area contributed by atoms with E-state index < -0.39 is 5.60 Å². The highest BCUT2D eigenvalue weighted by molar-refractivity contribution is 5.68. The van der Waals surface area contributed by atoms with Crippen LogP contribution in [0.15, 0.2) is 0 Å². The van der Waals surface area contributed by atoms with Crippen molar-refractivity contribution in [3.05, 3.63) is 0 Å². The van der Waals surface area contributed by atoms with Gasteiger partial charge in [0, 0.05) is 6.54 Å². The van der Waals surface area contributed by atoms with Crippen LogP contribution >= 0.6 is 0 Å². The van der Waals surface area contributed by atoms with Gasteiger partial charge in [-0.1, -0.05) is 0 Å². The molecule has 0 radical (unpaired) electrons. The number of likely N-dealkylation sites (tertiary alicyclic amines) is 1. The Hall–Kier alpha value is -0.810. The molecule has 0 aliphatic carbocycles. The third kappa shape index (κ3) is 4.05. The highest BCUT2D eigenvalue weighted by Gasteiger charge is 2.27. The lowest BCUT2D eigenvalue weighted by Gasteiger charge is -2.33. The van der Waals surface area contributed by atoms with Crippen LogP contribution < -0.4 is 5.90 Å². The van der Waals surface area contributed by atoms with Gasteiger partial charge in [0.25, 0.3) is 0 Å². The number of ether oxygens (including phenoxy) is 1. The van der Waals surface area contributed by atoms with E-state index >= 15 is 0 Å². The Labute approximate surface area is 90.5 Å². The van der Waals surface area contributed by atoms with Gasteiger partial charge in [-0.05, 0) is 33.6 Å². The van der Waals surface area contributed by atoms with E-state index in [1.165, 1.54) is 0 Å². The van der Waals surface area contributed by atoms with E-state index in [-0.39, 0.29) is 12.2 Å². The zero-order valence-corrected chi connectivity index (χ0v) is 9.66. The second kappa shape index (κ2) is 4.81. The minimum Gasteiger partial charge on any atom is -0.444 e. The second-order valence-electron chi connectivity index (χ2n) is 4.83. The van der Waals surface area contributed by atoms with E-state index in [0.29, 0.717) is 6.54 Å². The van der Waals surface area contributed by atoms with Crippen LogP contribution in [0.3, 0.4) is 0 Å². The van der Waals surface area contributed by atoms with Gasteiger partial charge in [0.2, 0.25) is 0 Å². The molecule has 0 aromatic carbocycles. The maximum absolute atomic E-state index is 11.7. The highest BCUT2D eigenvalue weighted by Crippen LogP contribution is 2.16. The maximum atomic E-state index is 11.7. The Morgan fingerprint density at radius 1 is 1.47 bits per heavy atom. The van der Waals surface area contributed by atoms with Gasteiger partial charge in [0.1, 0.15) is 5.60 Å². The van der Waals surface area contributed by atoms with Crippen LogP contribution in [0.2, 0.25) is 0 Å². The molecule has 0 spiro atoms. The summed E-state index contributed by atoms with van der Waals surface area (Å²) >= 11 is 0. The lowest BCUT2D eigenvalue weighted by atomic mass is 10.1. The normalized spacial score (nSPS) is 22.7. The average Bonchev–Trinajstić information content (AvgIpc) is 2.15. The fourth-order valence-corrected chi connectivity index (χ4v) is 1.54. The van der Waals surface area contributed by atoms with E-state index in [2.05, 4.69) is 0 Å². The van der Waals surface area contributed by atoms with Gasteiger partial charge in [0.05, 0.1) is 12.6 Å². The molecule has 1 aliphatic heterocycles. The molecule has 15 heavy (non-hydrogen) atoms. The molecule has 1 aliphatic rings. The first-order chi connectivity index (χ1) is 6.92. The van der Waals surface area contributed by atoms with E-state index in [0.717, 1.165) is 19.4 Å². The van der Waals surface area contributed by atoms with Crippen LogP contribution in [0.25, 0.3) is 0 Å². The third-order valence-electron chi connectivity index (χ3n) is 2.22. The molecule has 1 amide bonds. The minimum absolute atomic E-state index is 0.0636. The SMILES string of the molecule is CC(C)(C)OC(=O)N1CCC[C@@H](ON)C1. The molecule has 1 atom stereocenters. The van der Waals surface area contributed by atoms with Crippen molar-refractivity contribution in [3.8, 4) is 0 Å². The first-order valence-corrected chi connectivity index (χ1v) is 5.26. The number of piperidine rings is 1. The summed E-state index contributed by atoms with van der Waals surface area (Å²) in [6, 6.07) is 0. The summed E-state index contributed by atoms with van der Waals surface area (Å²) in [5, 5.41) is 0. The standard InChI is InChI=1S/C10H20N2O3/c1-10(2,3)14-9(13)12-6-4-5-8(7-12)15-11/h8H,4-7,11H2,1-3H3/t8-/m1/s1. The van der Waals surface area contributed by atoms with Gasteiger partial charge >= 0.3 is 6.09 Å². The molecule has 2 N–H and O–H groups in total. The second-order valence-corrected chi connectivity index (χ2v) is 4.83. The van der Waals surface area contributed by atoms with Gasteiger partial charge in [-0.25, -0.2) is 10.7 Å². The molecule has 5 nitrogen and oxygen atoms in total. The largest absolute Gasteiger partial charge is 0.444 e. The van der Waals surface area contributed by atoms with E-state index in [1.807, 2.05) is 20.8 Å². The van der Waals surface area contributed by atoms with Crippen LogP contribution in [-0.2, 0) is 9.57 Å².